The van der Waals surface area contributed by atoms with Crippen LogP contribution in [0.5, 0.6) is 5.75 Å². The zero-order valence-corrected chi connectivity index (χ0v) is 8.27. The topological polar surface area (TPSA) is 72.6 Å². The molecule has 0 radical (unpaired) electrons. The van der Waals surface area contributed by atoms with Crippen LogP contribution in [0.3, 0.4) is 0 Å². The first kappa shape index (κ1) is 9.51. The van der Waals surface area contributed by atoms with Crippen molar-refractivity contribution in [2.75, 3.05) is 7.11 Å². The molecule has 0 fully saturated rings. The van der Waals surface area contributed by atoms with Gasteiger partial charge in [0.25, 0.3) is 5.76 Å². The van der Waals surface area contributed by atoms with Gasteiger partial charge in [0.2, 0.25) is 0 Å². The van der Waals surface area contributed by atoms with Gasteiger partial charge in [-0.3, -0.25) is 4.98 Å². The number of ether oxygens (including phenoxy) is 1. The number of fused-ring (bicyclic) bond motifs is 1. The lowest BCUT2D eigenvalue weighted by Crippen LogP contribution is -1.98. The normalized spacial score (nSPS) is 10.5. The van der Waals surface area contributed by atoms with Gasteiger partial charge in [0.05, 0.1) is 18.7 Å². The Morgan fingerprint density at radius 1 is 1.53 bits per heavy atom. The van der Waals surface area contributed by atoms with E-state index in [9.17, 15) is 9.90 Å². The van der Waals surface area contributed by atoms with E-state index in [2.05, 4.69) is 9.72 Å². The van der Waals surface area contributed by atoms with Crippen LogP contribution < -0.4 is 0 Å². The molecule has 15 heavy (non-hydrogen) atoms. The van der Waals surface area contributed by atoms with E-state index in [4.69, 9.17) is 4.42 Å². The minimum Gasteiger partial charge on any atom is -0.504 e. The first-order valence-corrected chi connectivity index (χ1v) is 4.29. The lowest BCUT2D eigenvalue weighted by Gasteiger charge is -1.94. The van der Waals surface area contributed by atoms with E-state index >= 15 is 0 Å². The van der Waals surface area contributed by atoms with E-state index in [0.717, 1.165) is 5.56 Å². The first-order chi connectivity index (χ1) is 7.15. The average molecular weight is 207 g/mol. The molecule has 0 saturated heterocycles. The summed E-state index contributed by atoms with van der Waals surface area (Å²) in [6.07, 6.45) is 3.02. The number of aryl methyl sites for hydroxylation is 1. The molecule has 0 aliphatic carbocycles. The highest BCUT2D eigenvalue weighted by atomic mass is 16.5. The fourth-order valence-electron chi connectivity index (χ4n) is 1.42. The summed E-state index contributed by atoms with van der Waals surface area (Å²) in [5.41, 5.74) is 1.11. The van der Waals surface area contributed by atoms with Gasteiger partial charge in [-0.1, -0.05) is 0 Å². The predicted molar refractivity (Wildman–Crippen MR) is 51.8 cm³/mol. The van der Waals surface area contributed by atoms with Crippen LogP contribution in [0.15, 0.2) is 16.8 Å². The average Bonchev–Trinajstić information content (AvgIpc) is 2.56. The molecule has 0 aliphatic rings. The van der Waals surface area contributed by atoms with E-state index in [1.54, 1.807) is 13.1 Å². The molecule has 0 bridgehead atoms. The number of hydrogen-bond acceptors (Lipinski definition) is 5. The van der Waals surface area contributed by atoms with E-state index in [0.29, 0.717) is 11.0 Å². The van der Waals surface area contributed by atoms with Gasteiger partial charge in [-0.05, 0) is 12.5 Å². The fourth-order valence-corrected chi connectivity index (χ4v) is 1.42. The monoisotopic (exact) mass is 207 g/mol. The van der Waals surface area contributed by atoms with Crippen LogP contribution in [0.25, 0.3) is 11.0 Å². The molecule has 0 saturated carbocycles. The molecule has 0 aromatic carbocycles. The van der Waals surface area contributed by atoms with Crippen LogP contribution in [-0.2, 0) is 4.74 Å². The summed E-state index contributed by atoms with van der Waals surface area (Å²) < 4.78 is 9.62. The molecule has 78 valence electrons. The number of aromatic nitrogens is 1. The van der Waals surface area contributed by atoms with Crippen molar-refractivity contribution < 1.29 is 19.1 Å². The Hall–Kier alpha value is -2.04. The van der Waals surface area contributed by atoms with Crippen LogP contribution in [-0.4, -0.2) is 23.2 Å². The Morgan fingerprint density at radius 2 is 2.27 bits per heavy atom. The molecule has 1 N–H and O–H groups in total. The maximum absolute atomic E-state index is 11.2. The van der Waals surface area contributed by atoms with E-state index < -0.39 is 5.97 Å². The SMILES string of the molecule is COC(=O)c1oc2cncc(C)c2c1O. The van der Waals surface area contributed by atoms with Gasteiger partial charge in [-0.2, -0.15) is 0 Å². The summed E-state index contributed by atoms with van der Waals surface area (Å²) in [7, 11) is 1.22. The molecule has 2 heterocycles. The van der Waals surface area contributed by atoms with Crippen molar-refractivity contribution in [3.8, 4) is 5.75 Å². The summed E-state index contributed by atoms with van der Waals surface area (Å²) in [4.78, 5) is 15.1. The molecule has 0 spiro atoms. The number of pyridine rings is 1. The summed E-state index contributed by atoms with van der Waals surface area (Å²) in [6.45, 7) is 1.77. The van der Waals surface area contributed by atoms with Gasteiger partial charge in [-0.15, -0.1) is 0 Å². The van der Waals surface area contributed by atoms with Crippen LogP contribution in [0.2, 0.25) is 0 Å². The minimum atomic E-state index is -0.705. The Kier molecular flexibility index (Phi) is 2.07. The van der Waals surface area contributed by atoms with Gasteiger partial charge >= 0.3 is 5.97 Å². The summed E-state index contributed by atoms with van der Waals surface area (Å²) in [5.74, 6) is -1.09. The molecule has 0 amide bonds. The Bertz CT molecular complexity index is 529. The third-order valence-electron chi connectivity index (χ3n) is 2.14. The third-order valence-corrected chi connectivity index (χ3v) is 2.14. The molecule has 2 aromatic heterocycles. The van der Waals surface area contributed by atoms with Gasteiger partial charge < -0.3 is 14.3 Å². The quantitative estimate of drug-likeness (QED) is 0.719. The number of furan rings is 1. The lowest BCUT2D eigenvalue weighted by atomic mass is 10.2. The number of nitrogens with zero attached hydrogens (tertiary/aromatic N) is 1. The van der Waals surface area contributed by atoms with E-state index in [1.165, 1.54) is 13.3 Å². The van der Waals surface area contributed by atoms with Crippen LogP contribution >= 0.6 is 0 Å². The maximum atomic E-state index is 11.2. The zero-order valence-electron chi connectivity index (χ0n) is 8.27. The molecule has 5 heteroatoms. The number of carbonyl (C=O) groups excluding carboxylic acids is 1. The third kappa shape index (κ3) is 1.32. The van der Waals surface area contributed by atoms with Crippen LogP contribution in [0, 0.1) is 6.92 Å². The summed E-state index contributed by atoms with van der Waals surface area (Å²) >= 11 is 0. The fraction of sp³-hybridized carbons (Fsp3) is 0.200. The highest BCUT2D eigenvalue weighted by Crippen LogP contribution is 2.33. The largest absolute Gasteiger partial charge is 0.504 e. The van der Waals surface area contributed by atoms with Crippen molar-refractivity contribution in [1.29, 1.82) is 0 Å². The molecule has 2 aromatic rings. The smallest absolute Gasteiger partial charge is 0.377 e. The number of esters is 1. The second-order valence-electron chi connectivity index (χ2n) is 3.10. The van der Waals surface area contributed by atoms with Crippen molar-refractivity contribution in [1.82, 2.24) is 4.98 Å². The van der Waals surface area contributed by atoms with E-state index in [-0.39, 0.29) is 11.5 Å². The summed E-state index contributed by atoms with van der Waals surface area (Å²) in [5, 5.41) is 10.2. The molecular weight excluding hydrogens is 198 g/mol. The van der Waals surface area contributed by atoms with Gasteiger partial charge in [-0.25, -0.2) is 4.79 Å². The van der Waals surface area contributed by atoms with Crippen molar-refractivity contribution in [2.24, 2.45) is 0 Å². The Balaban J connectivity index is 2.75. The number of rotatable bonds is 1. The van der Waals surface area contributed by atoms with Crippen LogP contribution in [0.4, 0.5) is 0 Å². The van der Waals surface area contributed by atoms with Crippen molar-refractivity contribution in [3.63, 3.8) is 0 Å². The molecule has 0 atom stereocenters. The Labute approximate surface area is 85.3 Å². The van der Waals surface area contributed by atoms with Crippen molar-refractivity contribution >= 4 is 16.9 Å². The first-order valence-electron chi connectivity index (χ1n) is 4.29. The van der Waals surface area contributed by atoms with Crippen LogP contribution in [0.1, 0.15) is 16.1 Å². The van der Waals surface area contributed by atoms with E-state index in [1.807, 2.05) is 0 Å². The lowest BCUT2D eigenvalue weighted by molar-refractivity contribution is 0.0563. The number of methoxy groups -OCH3 is 1. The number of hydrogen-bond donors (Lipinski definition) is 1. The predicted octanol–water partition coefficient (Wildman–Crippen LogP) is 1.63. The minimum absolute atomic E-state index is 0.191. The molecule has 0 aliphatic heterocycles. The Morgan fingerprint density at radius 3 is 2.87 bits per heavy atom. The summed E-state index contributed by atoms with van der Waals surface area (Å²) in [6, 6.07) is 0. The number of aromatic hydroxyl groups is 1. The standard InChI is InChI=1S/C10H9NO4/c1-5-3-11-4-6-7(5)8(12)9(15-6)10(13)14-2/h3-4,12H,1-2H3. The second-order valence-corrected chi connectivity index (χ2v) is 3.10. The highest BCUT2D eigenvalue weighted by Gasteiger charge is 2.21. The van der Waals surface area contributed by atoms with Gasteiger partial charge in [0, 0.05) is 6.20 Å². The van der Waals surface area contributed by atoms with Crippen molar-refractivity contribution in [2.45, 2.75) is 6.92 Å². The highest BCUT2D eigenvalue weighted by molar-refractivity contribution is 5.99. The second kappa shape index (κ2) is 3.27. The van der Waals surface area contributed by atoms with Crippen molar-refractivity contribution in [3.05, 3.63) is 23.7 Å². The number of carbonyl (C=O) groups is 1. The van der Waals surface area contributed by atoms with Gasteiger partial charge in [0.1, 0.15) is 0 Å². The molecule has 2 rings (SSSR count). The zero-order chi connectivity index (χ0) is 11.0. The molecular formula is C10H9NO4. The molecule has 5 nitrogen and oxygen atoms in total. The maximum Gasteiger partial charge on any atom is 0.377 e. The molecule has 0 unspecified atom stereocenters. The van der Waals surface area contributed by atoms with Gasteiger partial charge in [0.15, 0.2) is 11.3 Å².